The Morgan fingerprint density at radius 2 is 1.68 bits per heavy atom. The molecule has 0 aromatic rings. The fourth-order valence-corrected chi connectivity index (χ4v) is 3.76. The quantitative estimate of drug-likeness (QED) is 0.639. The van der Waals surface area contributed by atoms with Crippen molar-refractivity contribution in [1.29, 1.82) is 0 Å². The molecule has 4 atom stereocenters. The van der Waals surface area contributed by atoms with Gasteiger partial charge in [-0.3, -0.25) is 0 Å². The second-order valence-electron chi connectivity index (χ2n) is 7.45. The van der Waals surface area contributed by atoms with Crippen LogP contribution >= 0.6 is 0 Å². The average Bonchev–Trinajstić information content (AvgIpc) is 2.57. The SMILES string of the molecule is CCC(CC(C)C)C1CCC(C)CN(C(C)CC)C1. The van der Waals surface area contributed by atoms with Gasteiger partial charge in [-0.2, -0.15) is 0 Å². The molecule has 1 fully saturated rings. The molecule has 0 aromatic heterocycles. The van der Waals surface area contributed by atoms with E-state index in [-0.39, 0.29) is 0 Å². The normalized spacial score (nSPS) is 29.2. The van der Waals surface area contributed by atoms with Crippen LogP contribution in [0.5, 0.6) is 0 Å². The summed E-state index contributed by atoms with van der Waals surface area (Å²) < 4.78 is 0. The summed E-state index contributed by atoms with van der Waals surface area (Å²) in [5, 5.41) is 0. The fourth-order valence-electron chi connectivity index (χ4n) is 3.76. The zero-order valence-corrected chi connectivity index (χ0v) is 14.3. The molecule has 1 aliphatic rings. The van der Waals surface area contributed by atoms with Crippen LogP contribution in [0.2, 0.25) is 0 Å². The number of likely N-dealkylation sites (tertiary alicyclic amines) is 1. The van der Waals surface area contributed by atoms with Crippen LogP contribution in [-0.2, 0) is 0 Å². The van der Waals surface area contributed by atoms with Gasteiger partial charge in [-0.05, 0) is 56.3 Å². The van der Waals surface area contributed by atoms with E-state index in [9.17, 15) is 0 Å². The molecule has 0 aromatic carbocycles. The molecule has 114 valence electrons. The predicted octanol–water partition coefficient (Wildman–Crippen LogP) is 5.21. The first-order valence-corrected chi connectivity index (χ1v) is 8.71. The Labute approximate surface area is 122 Å². The molecule has 0 spiro atoms. The van der Waals surface area contributed by atoms with Gasteiger partial charge in [0.2, 0.25) is 0 Å². The third-order valence-corrected chi connectivity index (χ3v) is 5.22. The van der Waals surface area contributed by atoms with Crippen molar-refractivity contribution in [2.45, 2.75) is 79.7 Å². The third-order valence-electron chi connectivity index (χ3n) is 5.22. The van der Waals surface area contributed by atoms with E-state index in [1.165, 1.54) is 45.2 Å². The largest absolute Gasteiger partial charge is 0.300 e. The van der Waals surface area contributed by atoms with E-state index in [2.05, 4.69) is 46.4 Å². The molecule has 1 rings (SSSR count). The molecule has 0 bridgehead atoms. The summed E-state index contributed by atoms with van der Waals surface area (Å²) in [7, 11) is 0. The van der Waals surface area contributed by atoms with Gasteiger partial charge in [0.15, 0.2) is 0 Å². The van der Waals surface area contributed by atoms with Crippen molar-refractivity contribution in [3.8, 4) is 0 Å². The van der Waals surface area contributed by atoms with Crippen molar-refractivity contribution in [3.63, 3.8) is 0 Å². The van der Waals surface area contributed by atoms with Crippen molar-refractivity contribution in [2.24, 2.45) is 23.7 Å². The van der Waals surface area contributed by atoms with Crippen molar-refractivity contribution in [3.05, 3.63) is 0 Å². The zero-order valence-electron chi connectivity index (χ0n) is 14.3. The van der Waals surface area contributed by atoms with Crippen LogP contribution in [-0.4, -0.2) is 24.0 Å². The second kappa shape index (κ2) is 8.29. The third kappa shape index (κ3) is 5.45. The number of hydrogen-bond acceptors (Lipinski definition) is 1. The number of nitrogens with zero attached hydrogens (tertiary/aromatic N) is 1. The lowest BCUT2D eigenvalue weighted by atomic mass is 9.80. The minimum Gasteiger partial charge on any atom is -0.300 e. The van der Waals surface area contributed by atoms with Crippen LogP contribution in [0.25, 0.3) is 0 Å². The Balaban J connectivity index is 2.70. The van der Waals surface area contributed by atoms with Gasteiger partial charge < -0.3 is 4.90 Å². The minimum absolute atomic E-state index is 0.764. The van der Waals surface area contributed by atoms with Gasteiger partial charge >= 0.3 is 0 Å². The summed E-state index contributed by atoms with van der Waals surface area (Å²) >= 11 is 0. The highest BCUT2D eigenvalue weighted by Crippen LogP contribution is 2.32. The molecule has 0 N–H and O–H groups in total. The van der Waals surface area contributed by atoms with E-state index in [4.69, 9.17) is 0 Å². The molecule has 4 unspecified atom stereocenters. The molecule has 1 nitrogen and oxygen atoms in total. The first-order chi connectivity index (χ1) is 8.97. The van der Waals surface area contributed by atoms with Crippen molar-refractivity contribution >= 4 is 0 Å². The highest BCUT2D eigenvalue weighted by Gasteiger charge is 2.29. The summed E-state index contributed by atoms with van der Waals surface area (Å²) in [5.74, 6) is 3.61. The highest BCUT2D eigenvalue weighted by atomic mass is 15.2. The van der Waals surface area contributed by atoms with Gasteiger partial charge in [0.05, 0.1) is 0 Å². The van der Waals surface area contributed by atoms with E-state index in [0.717, 1.165) is 29.7 Å². The highest BCUT2D eigenvalue weighted by molar-refractivity contribution is 4.81. The lowest BCUT2D eigenvalue weighted by Crippen LogP contribution is -2.39. The maximum atomic E-state index is 2.78. The molecule has 1 aliphatic heterocycles. The molecule has 0 saturated carbocycles. The van der Waals surface area contributed by atoms with Gasteiger partial charge in [0.1, 0.15) is 0 Å². The lowest BCUT2D eigenvalue weighted by Gasteiger charge is -2.34. The van der Waals surface area contributed by atoms with Gasteiger partial charge in [0.25, 0.3) is 0 Å². The Hall–Kier alpha value is -0.0400. The van der Waals surface area contributed by atoms with Gasteiger partial charge in [0, 0.05) is 19.1 Å². The standard InChI is InChI=1S/C18H37N/c1-7-16(6)19-12-15(5)9-10-18(13-19)17(8-2)11-14(3)4/h14-18H,7-13H2,1-6H3. The maximum absolute atomic E-state index is 2.78. The summed E-state index contributed by atoms with van der Waals surface area (Å²) in [6.45, 7) is 17.0. The van der Waals surface area contributed by atoms with Crippen LogP contribution in [0, 0.1) is 23.7 Å². The monoisotopic (exact) mass is 267 g/mol. The van der Waals surface area contributed by atoms with E-state index in [0.29, 0.717) is 0 Å². The molecule has 1 saturated heterocycles. The van der Waals surface area contributed by atoms with E-state index in [1.54, 1.807) is 0 Å². The molecule has 19 heavy (non-hydrogen) atoms. The number of hydrogen-bond donors (Lipinski definition) is 0. The van der Waals surface area contributed by atoms with Crippen LogP contribution in [0.3, 0.4) is 0 Å². The summed E-state index contributed by atoms with van der Waals surface area (Å²) in [6.07, 6.45) is 6.97. The van der Waals surface area contributed by atoms with E-state index < -0.39 is 0 Å². The Morgan fingerprint density at radius 3 is 2.21 bits per heavy atom. The lowest BCUT2D eigenvalue weighted by molar-refractivity contribution is 0.141. The average molecular weight is 268 g/mol. The van der Waals surface area contributed by atoms with Crippen LogP contribution in [0.4, 0.5) is 0 Å². The van der Waals surface area contributed by atoms with Crippen LogP contribution < -0.4 is 0 Å². The van der Waals surface area contributed by atoms with Crippen LogP contribution in [0.15, 0.2) is 0 Å². The summed E-state index contributed by atoms with van der Waals surface area (Å²) in [5.41, 5.74) is 0. The van der Waals surface area contributed by atoms with E-state index in [1.807, 2.05) is 0 Å². The molecular weight excluding hydrogens is 230 g/mol. The predicted molar refractivity (Wildman–Crippen MR) is 86.5 cm³/mol. The van der Waals surface area contributed by atoms with Crippen molar-refractivity contribution < 1.29 is 0 Å². The maximum Gasteiger partial charge on any atom is 0.00645 e. The molecule has 1 heteroatoms. The van der Waals surface area contributed by atoms with Crippen molar-refractivity contribution in [2.75, 3.05) is 13.1 Å². The molecule has 0 amide bonds. The molecule has 0 aliphatic carbocycles. The Morgan fingerprint density at radius 1 is 1.00 bits per heavy atom. The molecular formula is C18H37N. The molecule has 1 heterocycles. The molecule has 0 radical (unpaired) electrons. The first-order valence-electron chi connectivity index (χ1n) is 8.71. The minimum atomic E-state index is 0.764. The van der Waals surface area contributed by atoms with Gasteiger partial charge in [-0.25, -0.2) is 0 Å². The van der Waals surface area contributed by atoms with Gasteiger partial charge in [-0.15, -0.1) is 0 Å². The topological polar surface area (TPSA) is 3.24 Å². The van der Waals surface area contributed by atoms with E-state index >= 15 is 0 Å². The number of rotatable bonds is 6. The summed E-state index contributed by atoms with van der Waals surface area (Å²) in [6, 6.07) is 0.764. The second-order valence-corrected chi connectivity index (χ2v) is 7.45. The van der Waals surface area contributed by atoms with Crippen LogP contribution in [0.1, 0.15) is 73.6 Å². The fraction of sp³-hybridized carbons (Fsp3) is 1.00. The summed E-state index contributed by atoms with van der Waals surface area (Å²) in [4.78, 5) is 2.78. The van der Waals surface area contributed by atoms with Gasteiger partial charge in [-0.1, -0.05) is 41.0 Å². The first kappa shape index (κ1) is 17.0. The Kier molecular flexibility index (Phi) is 7.42. The smallest absolute Gasteiger partial charge is 0.00645 e. The zero-order chi connectivity index (χ0) is 14.4. The Bertz CT molecular complexity index is 236. The van der Waals surface area contributed by atoms with Crippen molar-refractivity contribution in [1.82, 2.24) is 4.90 Å².